The summed E-state index contributed by atoms with van der Waals surface area (Å²) in [5.41, 5.74) is 7.84. The second-order valence-corrected chi connectivity index (χ2v) is 5.69. The molecule has 0 aromatic carbocycles. The first-order chi connectivity index (χ1) is 6.75. The van der Waals surface area contributed by atoms with E-state index < -0.39 is 0 Å². The molecule has 1 fully saturated rings. The van der Waals surface area contributed by atoms with Gasteiger partial charge in [0.15, 0.2) is 0 Å². The van der Waals surface area contributed by atoms with Crippen molar-refractivity contribution in [1.29, 1.82) is 0 Å². The van der Waals surface area contributed by atoms with Gasteiger partial charge in [-0.25, -0.2) is 0 Å². The van der Waals surface area contributed by atoms with Crippen molar-refractivity contribution in [2.75, 3.05) is 13.1 Å². The van der Waals surface area contributed by atoms with Gasteiger partial charge in [0.05, 0.1) is 0 Å². The molecule has 2 nitrogen and oxygen atoms in total. The van der Waals surface area contributed by atoms with Gasteiger partial charge in [0.1, 0.15) is 0 Å². The fraction of sp³-hybridized carbons (Fsp3) is 0.636. The van der Waals surface area contributed by atoms with Crippen LogP contribution in [0.15, 0.2) is 11.4 Å². The summed E-state index contributed by atoms with van der Waals surface area (Å²) in [4.78, 5) is 4.10. The predicted molar refractivity (Wildman–Crippen MR) is 59.5 cm³/mol. The Balaban J connectivity index is 1.69. The number of fused-ring (bicyclic) bond motifs is 1. The lowest BCUT2D eigenvalue weighted by Gasteiger charge is -2.29. The van der Waals surface area contributed by atoms with Crippen LogP contribution in [-0.4, -0.2) is 23.5 Å². The Hall–Kier alpha value is -0.380. The third-order valence-corrected chi connectivity index (χ3v) is 4.34. The molecule has 2 heterocycles. The van der Waals surface area contributed by atoms with E-state index in [0.29, 0.717) is 0 Å². The Kier molecular flexibility index (Phi) is 1.94. The van der Waals surface area contributed by atoms with Crippen molar-refractivity contribution >= 4 is 11.3 Å². The molecule has 2 aliphatic rings. The topological polar surface area (TPSA) is 29.3 Å². The summed E-state index contributed by atoms with van der Waals surface area (Å²) in [5.74, 6) is 0. The third kappa shape index (κ3) is 1.60. The maximum Gasteiger partial charge on any atom is 0.0284 e. The summed E-state index contributed by atoms with van der Waals surface area (Å²) in [6.45, 7) is 3.42. The summed E-state index contributed by atoms with van der Waals surface area (Å²) >= 11 is 1.90. The first kappa shape index (κ1) is 8.89. The number of hydrogen-bond acceptors (Lipinski definition) is 3. The highest BCUT2D eigenvalue weighted by atomic mass is 32.1. The highest BCUT2D eigenvalue weighted by Gasteiger charge is 2.40. The van der Waals surface area contributed by atoms with Crippen LogP contribution in [0, 0.1) is 0 Å². The van der Waals surface area contributed by atoms with Crippen molar-refractivity contribution in [3.8, 4) is 0 Å². The first-order valence-electron chi connectivity index (χ1n) is 5.32. The van der Waals surface area contributed by atoms with E-state index in [0.717, 1.165) is 13.1 Å². The molecule has 0 saturated heterocycles. The molecule has 1 saturated carbocycles. The monoisotopic (exact) mass is 208 g/mol. The quantitative estimate of drug-likeness (QED) is 0.800. The van der Waals surface area contributed by atoms with Crippen LogP contribution in [0.1, 0.15) is 23.3 Å². The van der Waals surface area contributed by atoms with Gasteiger partial charge in [0.25, 0.3) is 0 Å². The van der Waals surface area contributed by atoms with Gasteiger partial charge in [-0.05, 0) is 36.3 Å². The van der Waals surface area contributed by atoms with E-state index in [1.54, 1.807) is 4.88 Å². The van der Waals surface area contributed by atoms with Gasteiger partial charge in [-0.1, -0.05) is 0 Å². The molecule has 0 unspecified atom stereocenters. The smallest absolute Gasteiger partial charge is 0.0284 e. The molecular weight excluding hydrogens is 192 g/mol. The maximum absolute atomic E-state index is 6.13. The van der Waals surface area contributed by atoms with E-state index in [-0.39, 0.29) is 5.54 Å². The third-order valence-electron chi connectivity index (χ3n) is 3.32. The van der Waals surface area contributed by atoms with E-state index in [2.05, 4.69) is 16.3 Å². The van der Waals surface area contributed by atoms with Crippen LogP contribution in [0.3, 0.4) is 0 Å². The Morgan fingerprint density at radius 3 is 3.14 bits per heavy atom. The number of rotatable bonds is 2. The van der Waals surface area contributed by atoms with Crippen molar-refractivity contribution in [3.05, 3.63) is 21.9 Å². The lowest BCUT2D eigenvalue weighted by molar-refractivity contribution is 0.234. The predicted octanol–water partition coefficient (Wildman–Crippen LogP) is 1.60. The Labute approximate surface area is 88.7 Å². The lowest BCUT2D eigenvalue weighted by atomic mass is 10.1. The second-order valence-electron chi connectivity index (χ2n) is 4.69. The van der Waals surface area contributed by atoms with E-state index in [9.17, 15) is 0 Å². The zero-order valence-electron chi connectivity index (χ0n) is 8.33. The largest absolute Gasteiger partial charge is 0.324 e. The van der Waals surface area contributed by atoms with E-state index in [1.165, 1.54) is 31.4 Å². The molecular formula is C11H16N2S. The molecule has 76 valence electrons. The fourth-order valence-corrected chi connectivity index (χ4v) is 3.10. The molecule has 0 bridgehead atoms. The normalized spacial score (nSPS) is 24.6. The fourth-order valence-electron chi connectivity index (χ4n) is 2.21. The van der Waals surface area contributed by atoms with Crippen molar-refractivity contribution in [1.82, 2.24) is 4.90 Å². The number of nitrogens with zero attached hydrogens (tertiary/aromatic N) is 1. The molecule has 3 rings (SSSR count). The zero-order chi connectivity index (χ0) is 9.60. The molecule has 1 aromatic rings. The minimum absolute atomic E-state index is 0.174. The molecule has 0 spiro atoms. The zero-order valence-corrected chi connectivity index (χ0v) is 9.15. The van der Waals surface area contributed by atoms with Crippen molar-refractivity contribution < 1.29 is 0 Å². The lowest BCUT2D eigenvalue weighted by Crippen LogP contribution is -2.41. The molecule has 0 amide bonds. The summed E-state index contributed by atoms with van der Waals surface area (Å²) < 4.78 is 0. The van der Waals surface area contributed by atoms with Crippen LogP contribution >= 0.6 is 11.3 Å². The minimum Gasteiger partial charge on any atom is -0.324 e. The highest BCUT2D eigenvalue weighted by Crippen LogP contribution is 2.34. The Bertz CT molecular complexity index is 341. The SMILES string of the molecule is NC1(CN2CCc3sccc3C2)CC1. The van der Waals surface area contributed by atoms with Crippen LogP contribution in [-0.2, 0) is 13.0 Å². The molecule has 2 N–H and O–H groups in total. The highest BCUT2D eigenvalue weighted by molar-refractivity contribution is 7.10. The van der Waals surface area contributed by atoms with Gasteiger partial charge in [0, 0.05) is 30.1 Å². The van der Waals surface area contributed by atoms with E-state index in [4.69, 9.17) is 5.73 Å². The standard InChI is InChI=1S/C11H16N2S/c12-11(3-4-11)8-13-5-1-10-9(7-13)2-6-14-10/h2,6H,1,3-5,7-8,12H2. The maximum atomic E-state index is 6.13. The number of hydrogen-bond donors (Lipinski definition) is 1. The molecule has 1 aliphatic heterocycles. The van der Waals surface area contributed by atoms with Gasteiger partial charge in [-0.3, -0.25) is 4.90 Å². The summed E-state index contributed by atoms with van der Waals surface area (Å²) in [6.07, 6.45) is 3.67. The van der Waals surface area contributed by atoms with Crippen molar-refractivity contribution in [2.24, 2.45) is 5.73 Å². The molecule has 3 heteroatoms. The number of nitrogens with two attached hydrogens (primary N) is 1. The average Bonchev–Trinajstić information content (AvgIpc) is 2.73. The van der Waals surface area contributed by atoms with E-state index in [1.807, 2.05) is 11.3 Å². The van der Waals surface area contributed by atoms with Crippen LogP contribution in [0.5, 0.6) is 0 Å². The van der Waals surface area contributed by atoms with Crippen LogP contribution in [0.4, 0.5) is 0 Å². The molecule has 1 aromatic heterocycles. The Morgan fingerprint density at radius 1 is 1.50 bits per heavy atom. The molecule has 0 radical (unpaired) electrons. The summed E-state index contributed by atoms with van der Waals surface area (Å²) in [7, 11) is 0. The van der Waals surface area contributed by atoms with Crippen LogP contribution < -0.4 is 5.73 Å². The van der Waals surface area contributed by atoms with Gasteiger partial charge < -0.3 is 5.73 Å². The molecule has 1 aliphatic carbocycles. The summed E-state index contributed by atoms with van der Waals surface area (Å²) in [5, 5.41) is 2.21. The van der Waals surface area contributed by atoms with Crippen LogP contribution in [0.2, 0.25) is 0 Å². The molecule has 0 atom stereocenters. The average molecular weight is 208 g/mol. The first-order valence-corrected chi connectivity index (χ1v) is 6.20. The summed E-state index contributed by atoms with van der Waals surface area (Å²) in [6, 6.07) is 2.27. The van der Waals surface area contributed by atoms with E-state index >= 15 is 0 Å². The minimum atomic E-state index is 0.174. The second kappa shape index (κ2) is 3.05. The van der Waals surface area contributed by atoms with Gasteiger partial charge in [-0.2, -0.15) is 0 Å². The number of thiophene rings is 1. The van der Waals surface area contributed by atoms with Gasteiger partial charge in [-0.15, -0.1) is 11.3 Å². The van der Waals surface area contributed by atoms with Gasteiger partial charge in [0.2, 0.25) is 0 Å². The Morgan fingerprint density at radius 2 is 2.36 bits per heavy atom. The molecule has 14 heavy (non-hydrogen) atoms. The van der Waals surface area contributed by atoms with Gasteiger partial charge >= 0.3 is 0 Å². The van der Waals surface area contributed by atoms with Crippen molar-refractivity contribution in [3.63, 3.8) is 0 Å². The van der Waals surface area contributed by atoms with Crippen LogP contribution in [0.25, 0.3) is 0 Å². The van der Waals surface area contributed by atoms with Crippen molar-refractivity contribution in [2.45, 2.75) is 31.3 Å².